The third kappa shape index (κ3) is 3.26. The molecule has 108 valence electrons. The third-order valence-corrected chi connectivity index (χ3v) is 3.69. The number of carbonyl (C=O) groups excluding carboxylic acids is 1. The molecule has 0 aliphatic heterocycles. The van der Waals surface area contributed by atoms with E-state index >= 15 is 0 Å². The molecule has 1 saturated carbocycles. The van der Waals surface area contributed by atoms with Crippen molar-refractivity contribution in [2.45, 2.75) is 20.3 Å². The van der Waals surface area contributed by atoms with Crippen LogP contribution < -0.4 is 10.6 Å². The number of carboxylic acids is 1. The van der Waals surface area contributed by atoms with E-state index in [-0.39, 0.29) is 16.7 Å². The molecule has 20 heavy (non-hydrogen) atoms. The largest absolute Gasteiger partial charge is 0.478 e. The minimum Gasteiger partial charge on any atom is -0.478 e. The summed E-state index contributed by atoms with van der Waals surface area (Å²) < 4.78 is 13.0. The second-order valence-electron chi connectivity index (χ2n) is 5.72. The van der Waals surface area contributed by atoms with Crippen molar-refractivity contribution in [3.8, 4) is 0 Å². The number of carboxylic acid groups (broad SMARTS) is 1. The second kappa shape index (κ2) is 5.11. The Kier molecular flexibility index (Phi) is 3.65. The van der Waals surface area contributed by atoms with Gasteiger partial charge >= 0.3 is 12.0 Å². The molecule has 1 aromatic rings. The standard InChI is InChI=1S/C14H17FN2O3/c1-14(2)6-8(14)7-16-13(20)17-11-4-3-9(15)5-10(11)12(18)19/h3-5,8H,6-7H2,1-2H3,(H,18,19)(H2,16,17,20). The van der Waals surface area contributed by atoms with Crippen molar-refractivity contribution in [1.29, 1.82) is 0 Å². The van der Waals surface area contributed by atoms with Gasteiger partial charge in [0, 0.05) is 6.54 Å². The van der Waals surface area contributed by atoms with Crippen LogP contribution in [-0.2, 0) is 0 Å². The highest BCUT2D eigenvalue weighted by Gasteiger charge is 2.45. The number of anilines is 1. The molecule has 5 nitrogen and oxygen atoms in total. The van der Waals surface area contributed by atoms with Crippen LogP contribution >= 0.6 is 0 Å². The number of nitrogens with one attached hydrogen (secondary N) is 2. The molecule has 1 fully saturated rings. The van der Waals surface area contributed by atoms with E-state index in [1.165, 1.54) is 6.07 Å². The molecule has 0 heterocycles. The fourth-order valence-electron chi connectivity index (χ4n) is 2.11. The maximum absolute atomic E-state index is 13.0. The van der Waals surface area contributed by atoms with Crippen molar-refractivity contribution < 1.29 is 19.1 Å². The Balaban J connectivity index is 1.96. The van der Waals surface area contributed by atoms with E-state index in [0.717, 1.165) is 18.6 Å². The summed E-state index contributed by atoms with van der Waals surface area (Å²) in [5.74, 6) is -1.50. The number of rotatable bonds is 4. The molecule has 2 rings (SSSR count). The average molecular weight is 280 g/mol. The van der Waals surface area contributed by atoms with Gasteiger partial charge in [-0.05, 0) is 36.0 Å². The monoisotopic (exact) mass is 280 g/mol. The summed E-state index contributed by atoms with van der Waals surface area (Å²) in [5, 5.41) is 14.1. The summed E-state index contributed by atoms with van der Waals surface area (Å²) >= 11 is 0. The maximum Gasteiger partial charge on any atom is 0.337 e. The lowest BCUT2D eigenvalue weighted by atomic mass is 10.1. The van der Waals surface area contributed by atoms with Crippen LogP contribution in [0.4, 0.5) is 14.9 Å². The number of hydrogen-bond acceptors (Lipinski definition) is 2. The molecule has 3 N–H and O–H groups in total. The van der Waals surface area contributed by atoms with Crippen LogP contribution in [0.1, 0.15) is 30.6 Å². The SMILES string of the molecule is CC1(C)CC1CNC(=O)Nc1ccc(F)cc1C(=O)O. The molecule has 1 aliphatic rings. The van der Waals surface area contributed by atoms with Crippen molar-refractivity contribution in [3.63, 3.8) is 0 Å². The maximum atomic E-state index is 13.0. The second-order valence-corrected chi connectivity index (χ2v) is 5.72. The van der Waals surface area contributed by atoms with Gasteiger partial charge in [-0.3, -0.25) is 0 Å². The highest BCUT2D eigenvalue weighted by atomic mass is 19.1. The van der Waals surface area contributed by atoms with E-state index < -0.39 is 17.8 Å². The predicted molar refractivity (Wildman–Crippen MR) is 72.3 cm³/mol. The van der Waals surface area contributed by atoms with Crippen molar-refractivity contribution in [2.75, 3.05) is 11.9 Å². The molecule has 0 bridgehead atoms. The Morgan fingerprint density at radius 2 is 2.10 bits per heavy atom. The average Bonchev–Trinajstić information content (AvgIpc) is 2.96. The number of hydrogen-bond donors (Lipinski definition) is 3. The van der Waals surface area contributed by atoms with Crippen molar-refractivity contribution in [2.24, 2.45) is 11.3 Å². The van der Waals surface area contributed by atoms with E-state index in [1.54, 1.807) is 0 Å². The number of benzene rings is 1. The van der Waals surface area contributed by atoms with Gasteiger partial charge in [0.15, 0.2) is 0 Å². The first-order valence-corrected chi connectivity index (χ1v) is 6.37. The summed E-state index contributed by atoms with van der Waals surface area (Å²) in [6.07, 6.45) is 1.06. The Labute approximate surface area is 116 Å². The quantitative estimate of drug-likeness (QED) is 0.793. The first-order chi connectivity index (χ1) is 9.29. The normalized spacial score (nSPS) is 19.2. The van der Waals surface area contributed by atoms with Gasteiger partial charge in [-0.15, -0.1) is 0 Å². The van der Waals surface area contributed by atoms with E-state index in [2.05, 4.69) is 24.5 Å². The molecule has 0 radical (unpaired) electrons. The molecule has 1 aliphatic carbocycles. The zero-order chi connectivity index (χ0) is 14.9. The summed E-state index contributed by atoms with van der Waals surface area (Å²) in [5.41, 5.74) is 0.0633. The highest BCUT2D eigenvalue weighted by molar-refractivity contribution is 5.99. The van der Waals surface area contributed by atoms with Gasteiger partial charge in [-0.2, -0.15) is 0 Å². The molecule has 6 heteroatoms. The fraction of sp³-hybridized carbons (Fsp3) is 0.429. The number of urea groups is 1. The van der Waals surface area contributed by atoms with Gasteiger partial charge in [-0.25, -0.2) is 14.0 Å². The fourth-order valence-corrected chi connectivity index (χ4v) is 2.11. The minimum absolute atomic E-state index is 0.0754. The first kappa shape index (κ1) is 14.3. The molecule has 1 aromatic carbocycles. The summed E-state index contributed by atoms with van der Waals surface area (Å²) in [4.78, 5) is 22.7. The summed E-state index contributed by atoms with van der Waals surface area (Å²) in [6, 6.07) is 2.73. The molecular formula is C14H17FN2O3. The van der Waals surface area contributed by atoms with Crippen LogP contribution in [0.25, 0.3) is 0 Å². The first-order valence-electron chi connectivity index (χ1n) is 6.37. The molecule has 0 saturated heterocycles. The van der Waals surface area contributed by atoms with E-state index in [1.807, 2.05) is 0 Å². The van der Waals surface area contributed by atoms with Gasteiger partial charge in [0.1, 0.15) is 5.82 Å². The molecule has 0 aromatic heterocycles. The predicted octanol–water partition coefficient (Wildman–Crippen LogP) is 2.69. The number of amides is 2. The van der Waals surface area contributed by atoms with Crippen LogP contribution in [0.2, 0.25) is 0 Å². The summed E-state index contributed by atoms with van der Waals surface area (Å²) in [6.45, 7) is 4.79. The van der Waals surface area contributed by atoms with Crippen LogP contribution in [0.15, 0.2) is 18.2 Å². The van der Waals surface area contributed by atoms with Crippen molar-refractivity contribution in [3.05, 3.63) is 29.6 Å². The van der Waals surface area contributed by atoms with E-state index in [4.69, 9.17) is 5.11 Å². The smallest absolute Gasteiger partial charge is 0.337 e. The summed E-state index contributed by atoms with van der Waals surface area (Å²) in [7, 11) is 0. The zero-order valence-corrected chi connectivity index (χ0v) is 11.4. The van der Waals surface area contributed by atoms with Gasteiger partial charge in [0.25, 0.3) is 0 Å². The molecular weight excluding hydrogens is 263 g/mol. The van der Waals surface area contributed by atoms with Crippen LogP contribution in [-0.4, -0.2) is 23.7 Å². The zero-order valence-electron chi connectivity index (χ0n) is 11.4. The Morgan fingerprint density at radius 3 is 2.65 bits per heavy atom. The van der Waals surface area contributed by atoms with Gasteiger partial charge in [0.05, 0.1) is 11.3 Å². The lowest BCUT2D eigenvalue weighted by Gasteiger charge is -2.10. The van der Waals surface area contributed by atoms with E-state index in [9.17, 15) is 14.0 Å². The van der Waals surface area contributed by atoms with Crippen LogP contribution in [0.5, 0.6) is 0 Å². The number of halogens is 1. The lowest BCUT2D eigenvalue weighted by Crippen LogP contribution is -2.31. The van der Waals surface area contributed by atoms with Crippen molar-refractivity contribution >= 4 is 17.7 Å². The van der Waals surface area contributed by atoms with Crippen LogP contribution in [0.3, 0.4) is 0 Å². The topological polar surface area (TPSA) is 78.4 Å². The van der Waals surface area contributed by atoms with Gasteiger partial charge in [-0.1, -0.05) is 13.8 Å². The Hall–Kier alpha value is -2.11. The molecule has 1 atom stereocenters. The highest BCUT2D eigenvalue weighted by Crippen LogP contribution is 2.50. The Morgan fingerprint density at radius 1 is 1.45 bits per heavy atom. The van der Waals surface area contributed by atoms with Crippen LogP contribution in [0, 0.1) is 17.2 Å². The van der Waals surface area contributed by atoms with Crippen molar-refractivity contribution in [1.82, 2.24) is 5.32 Å². The van der Waals surface area contributed by atoms with Gasteiger partial charge in [0.2, 0.25) is 0 Å². The molecule has 0 spiro atoms. The molecule has 1 unspecified atom stereocenters. The minimum atomic E-state index is -1.29. The number of carbonyl (C=O) groups is 2. The lowest BCUT2D eigenvalue weighted by molar-refractivity contribution is 0.0697. The number of aromatic carboxylic acids is 1. The molecule has 2 amide bonds. The Bertz CT molecular complexity index is 557. The third-order valence-electron chi connectivity index (χ3n) is 3.69. The van der Waals surface area contributed by atoms with Gasteiger partial charge < -0.3 is 15.7 Å². The van der Waals surface area contributed by atoms with E-state index in [0.29, 0.717) is 12.5 Å².